The van der Waals surface area contributed by atoms with E-state index in [2.05, 4.69) is 5.32 Å². The second-order valence-electron chi connectivity index (χ2n) is 8.47. The average Bonchev–Trinajstić information content (AvgIpc) is 2.52. The summed E-state index contributed by atoms with van der Waals surface area (Å²) in [6.07, 6.45) is 8.05. The second kappa shape index (κ2) is 6.09. The maximum atomic E-state index is 12.9. The van der Waals surface area contributed by atoms with Gasteiger partial charge in [-0.05, 0) is 81.3 Å². The van der Waals surface area contributed by atoms with Gasteiger partial charge in [-0.3, -0.25) is 4.79 Å². The van der Waals surface area contributed by atoms with Gasteiger partial charge in [0.2, 0.25) is 0 Å². The zero-order chi connectivity index (χ0) is 16.7. The van der Waals surface area contributed by atoms with Crippen LogP contribution in [0.1, 0.15) is 57.4 Å². The summed E-state index contributed by atoms with van der Waals surface area (Å²) in [6, 6.07) is 7.94. The van der Waals surface area contributed by atoms with Crippen LogP contribution in [-0.4, -0.2) is 17.6 Å². The highest BCUT2D eigenvalue weighted by Gasteiger charge is 2.51. The van der Waals surface area contributed by atoms with Gasteiger partial charge >= 0.3 is 0 Å². The number of carbonyl (C=O) groups is 1. The molecule has 0 heterocycles. The summed E-state index contributed by atoms with van der Waals surface area (Å²) in [7, 11) is 0. The van der Waals surface area contributed by atoms with Gasteiger partial charge in [0.25, 0.3) is 5.91 Å². The number of amides is 1. The molecule has 0 unspecified atom stereocenters. The van der Waals surface area contributed by atoms with Gasteiger partial charge in [-0.1, -0.05) is 25.1 Å². The standard InChI is InChI=1S/C21H29NO2/c1-3-18(24-19-7-5-4-6-14(19)2)20(23)22-21-11-15-8-16(12-21)10-17(9-15)13-21/h4-7,15-18H,3,8-13H2,1-2H3,(H,22,23)/t15?,16?,17?,18-,21?/m1/s1. The van der Waals surface area contributed by atoms with Crippen LogP contribution >= 0.6 is 0 Å². The van der Waals surface area contributed by atoms with Crippen LogP contribution in [0.15, 0.2) is 24.3 Å². The van der Waals surface area contributed by atoms with Gasteiger partial charge in [-0.15, -0.1) is 0 Å². The van der Waals surface area contributed by atoms with Gasteiger partial charge in [0.1, 0.15) is 5.75 Å². The van der Waals surface area contributed by atoms with Crippen molar-refractivity contribution in [3.8, 4) is 5.75 Å². The lowest BCUT2D eigenvalue weighted by Crippen LogP contribution is -2.61. The summed E-state index contributed by atoms with van der Waals surface area (Å²) in [5, 5.41) is 3.45. The third kappa shape index (κ3) is 2.94. The van der Waals surface area contributed by atoms with Crippen LogP contribution in [0.25, 0.3) is 0 Å². The molecule has 4 aliphatic rings. The molecule has 24 heavy (non-hydrogen) atoms. The Morgan fingerprint density at radius 2 is 1.75 bits per heavy atom. The Bertz CT molecular complexity index is 589. The van der Waals surface area contributed by atoms with Gasteiger partial charge < -0.3 is 10.1 Å². The molecule has 130 valence electrons. The van der Waals surface area contributed by atoms with Crippen molar-refractivity contribution >= 4 is 5.91 Å². The number of hydrogen-bond donors (Lipinski definition) is 1. The number of rotatable bonds is 5. The number of benzene rings is 1. The molecule has 3 nitrogen and oxygen atoms in total. The minimum atomic E-state index is -0.390. The normalized spacial score (nSPS) is 34.8. The van der Waals surface area contributed by atoms with Gasteiger partial charge in [0, 0.05) is 5.54 Å². The molecule has 4 bridgehead atoms. The summed E-state index contributed by atoms with van der Waals surface area (Å²) in [5.41, 5.74) is 1.15. The molecule has 0 aromatic heterocycles. The van der Waals surface area contributed by atoms with E-state index in [4.69, 9.17) is 4.74 Å². The van der Waals surface area contributed by atoms with Crippen molar-refractivity contribution in [3.05, 3.63) is 29.8 Å². The van der Waals surface area contributed by atoms with Crippen molar-refractivity contribution in [1.82, 2.24) is 5.32 Å². The van der Waals surface area contributed by atoms with E-state index < -0.39 is 0 Å². The number of hydrogen-bond acceptors (Lipinski definition) is 2. The van der Waals surface area contributed by atoms with Crippen LogP contribution in [-0.2, 0) is 4.79 Å². The van der Waals surface area contributed by atoms with Gasteiger partial charge in [-0.2, -0.15) is 0 Å². The fourth-order valence-corrected chi connectivity index (χ4v) is 5.77. The molecule has 1 aromatic carbocycles. The second-order valence-corrected chi connectivity index (χ2v) is 8.47. The first-order valence-electron chi connectivity index (χ1n) is 9.61. The van der Waals surface area contributed by atoms with Crippen molar-refractivity contribution in [3.63, 3.8) is 0 Å². The monoisotopic (exact) mass is 327 g/mol. The Balaban J connectivity index is 1.45. The van der Waals surface area contributed by atoms with Crippen LogP contribution in [0.3, 0.4) is 0 Å². The van der Waals surface area contributed by atoms with Gasteiger partial charge in [0.15, 0.2) is 6.10 Å². The fraction of sp³-hybridized carbons (Fsp3) is 0.667. The van der Waals surface area contributed by atoms with E-state index in [9.17, 15) is 4.79 Å². The summed E-state index contributed by atoms with van der Waals surface area (Å²) < 4.78 is 6.06. The molecule has 0 saturated heterocycles. The molecule has 4 aliphatic carbocycles. The van der Waals surface area contributed by atoms with Crippen molar-refractivity contribution < 1.29 is 9.53 Å². The first kappa shape index (κ1) is 16.0. The van der Waals surface area contributed by atoms with E-state index in [0.717, 1.165) is 29.1 Å². The van der Waals surface area contributed by atoms with E-state index in [1.165, 1.54) is 38.5 Å². The van der Waals surface area contributed by atoms with Gasteiger partial charge in [-0.25, -0.2) is 0 Å². The number of carbonyl (C=O) groups excluding carboxylic acids is 1. The molecule has 4 fully saturated rings. The number of nitrogens with one attached hydrogen (secondary N) is 1. The third-order valence-corrected chi connectivity index (χ3v) is 6.45. The predicted octanol–water partition coefficient (Wildman–Crippen LogP) is 4.24. The lowest BCUT2D eigenvalue weighted by Gasteiger charge is -2.57. The fourth-order valence-electron chi connectivity index (χ4n) is 5.77. The molecule has 1 aromatic rings. The van der Waals surface area contributed by atoms with E-state index in [0.29, 0.717) is 6.42 Å². The molecule has 3 heteroatoms. The summed E-state index contributed by atoms with van der Waals surface area (Å²) in [4.78, 5) is 12.9. The van der Waals surface area contributed by atoms with Crippen molar-refractivity contribution in [2.45, 2.75) is 70.4 Å². The first-order chi connectivity index (χ1) is 11.6. The maximum absolute atomic E-state index is 12.9. The molecule has 1 atom stereocenters. The van der Waals surface area contributed by atoms with Crippen molar-refractivity contribution in [2.75, 3.05) is 0 Å². The Labute approximate surface area is 145 Å². The van der Waals surface area contributed by atoms with E-state index in [1.54, 1.807) is 0 Å². The molecule has 0 aliphatic heterocycles. The molecule has 5 rings (SSSR count). The summed E-state index contributed by atoms with van der Waals surface area (Å²) >= 11 is 0. The first-order valence-corrected chi connectivity index (χ1v) is 9.61. The highest BCUT2D eigenvalue weighted by molar-refractivity contribution is 5.82. The van der Waals surface area contributed by atoms with Crippen LogP contribution in [0, 0.1) is 24.7 Å². The van der Waals surface area contributed by atoms with E-state index >= 15 is 0 Å². The van der Waals surface area contributed by atoms with Crippen molar-refractivity contribution in [1.29, 1.82) is 0 Å². The Morgan fingerprint density at radius 3 is 2.29 bits per heavy atom. The molecule has 1 N–H and O–H groups in total. The Hall–Kier alpha value is -1.51. The van der Waals surface area contributed by atoms with Crippen LogP contribution < -0.4 is 10.1 Å². The lowest BCUT2D eigenvalue weighted by atomic mass is 9.53. The highest BCUT2D eigenvalue weighted by Crippen LogP contribution is 2.55. The summed E-state index contributed by atoms with van der Waals surface area (Å²) in [6.45, 7) is 4.06. The van der Waals surface area contributed by atoms with Crippen LogP contribution in [0.2, 0.25) is 0 Å². The SMILES string of the molecule is CC[C@@H](Oc1ccccc1C)C(=O)NC12CC3CC(CC(C3)C1)C2. The zero-order valence-corrected chi connectivity index (χ0v) is 14.9. The number of ether oxygens (including phenoxy) is 1. The molecular weight excluding hydrogens is 298 g/mol. The van der Waals surface area contributed by atoms with E-state index in [1.807, 2.05) is 38.1 Å². The van der Waals surface area contributed by atoms with Crippen molar-refractivity contribution in [2.24, 2.45) is 17.8 Å². The molecule has 1 amide bonds. The molecule has 0 radical (unpaired) electrons. The smallest absolute Gasteiger partial charge is 0.261 e. The zero-order valence-electron chi connectivity index (χ0n) is 14.9. The number of para-hydroxylation sites is 1. The topological polar surface area (TPSA) is 38.3 Å². The van der Waals surface area contributed by atoms with Crippen LogP contribution in [0.4, 0.5) is 0 Å². The Morgan fingerprint density at radius 1 is 1.17 bits per heavy atom. The quantitative estimate of drug-likeness (QED) is 0.878. The number of aryl methyl sites for hydroxylation is 1. The lowest BCUT2D eigenvalue weighted by molar-refractivity contribution is -0.134. The molecule has 4 saturated carbocycles. The largest absolute Gasteiger partial charge is 0.480 e. The molecular formula is C21H29NO2. The molecule has 0 spiro atoms. The average molecular weight is 327 g/mol. The van der Waals surface area contributed by atoms with Crippen LogP contribution in [0.5, 0.6) is 5.75 Å². The third-order valence-electron chi connectivity index (χ3n) is 6.45. The minimum Gasteiger partial charge on any atom is -0.480 e. The maximum Gasteiger partial charge on any atom is 0.261 e. The Kier molecular flexibility index (Phi) is 4.06. The summed E-state index contributed by atoms with van der Waals surface area (Å²) in [5.74, 6) is 3.43. The van der Waals surface area contributed by atoms with E-state index in [-0.39, 0.29) is 17.6 Å². The van der Waals surface area contributed by atoms with Gasteiger partial charge in [0.05, 0.1) is 0 Å². The minimum absolute atomic E-state index is 0.0638. The highest BCUT2D eigenvalue weighted by atomic mass is 16.5. The predicted molar refractivity (Wildman–Crippen MR) is 94.9 cm³/mol.